The van der Waals surface area contributed by atoms with E-state index in [1.54, 1.807) is 17.9 Å². The van der Waals surface area contributed by atoms with Crippen LogP contribution in [-0.4, -0.2) is 71.3 Å². The number of methoxy groups -OCH3 is 1. The van der Waals surface area contributed by atoms with Gasteiger partial charge < -0.3 is 29.5 Å². The fourth-order valence-electron chi connectivity index (χ4n) is 9.15. The normalized spacial score (nSPS) is 27.5. The standard InChI is InChI=1S/C41H54BN5O6/c1-25(2)17-36(42-51-35-20-29-19-34(39(29,5)6)40(35,7)52-42)44-38(49)41(22-27-13-12-16-31(18-27)50-8)23-30(46-53-41)24-43-37(48)33-21-32(45-47(33)26(3)4)28-14-10-9-11-15-28/h9-16,18,21,25-26,29,34-36H,17,19-20,22-24H2,1-8H3,(H,43,48)(H,44,49)/t29-,34-,35+,36-,40-,41?/m0/s1. The Kier molecular flexibility index (Phi) is 9.99. The Balaban J connectivity index is 1.09. The zero-order chi connectivity index (χ0) is 37.7. The van der Waals surface area contributed by atoms with Crippen LogP contribution in [0.4, 0.5) is 0 Å². The monoisotopic (exact) mass is 723 g/mol. The Morgan fingerprint density at radius 1 is 1.04 bits per heavy atom. The quantitative estimate of drug-likeness (QED) is 0.195. The van der Waals surface area contributed by atoms with Crippen molar-refractivity contribution in [2.45, 2.75) is 110 Å². The van der Waals surface area contributed by atoms with Crippen molar-refractivity contribution in [1.82, 2.24) is 20.4 Å². The molecule has 0 radical (unpaired) electrons. The van der Waals surface area contributed by atoms with Gasteiger partial charge in [0.05, 0.1) is 42.7 Å². The highest BCUT2D eigenvalue weighted by Gasteiger charge is 2.68. The number of benzene rings is 2. The van der Waals surface area contributed by atoms with Gasteiger partial charge >= 0.3 is 7.12 Å². The summed E-state index contributed by atoms with van der Waals surface area (Å²) in [7, 11) is 1.04. The zero-order valence-electron chi connectivity index (χ0n) is 32.3. The summed E-state index contributed by atoms with van der Waals surface area (Å²) < 4.78 is 20.8. The Morgan fingerprint density at radius 2 is 1.81 bits per heavy atom. The molecule has 2 amide bonds. The van der Waals surface area contributed by atoms with E-state index in [0.717, 1.165) is 29.7 Å². The summed E-state index contributed by atoms with van der Waals surface area (Å²) in [5.74, 6) is 1.02. The van der Waals surface area contributed by atoms with Crippen molar-refractivity contribution in [1.29, 1.82) is 0 Å². The number of carbonyl (C=O) groups is 2. The molecule has 12 heteroatoms. The molecule has 53 heavy (non-hydrogen) atoms. The number of nitrogens with one attached hydrogen (secondary N) is 2. The second kappa shape index (κ2) is 14.2. The molecule has 11 nitrogen and oxygen atoms in total. The van der Waals surface area contributed by atoms with Gasteiger partial charge in [-0.1, -0.05) is 75.3 Å². The number of aromatic nitrogens is 2. The van der Waals surface area contributed by atoms with Crippen molar-refractivity contribution in [3.63, 3.8) is 0 Å². The van der Waals surface area contributed by atoms with E-state index in [4.69, 9.17) is 24.0 Å². The number of hydrogen-bond acceptors (Lipinski definition) is 8. The predicted octanol–water partition coefficient (Wildman–Crippen LogP) is 6.43. The fraction of sp³-hybridized carbons (Fsp3) is 0.561. The van der Waals surface area contributed by atoms with Crippen LogP contribution in [0.5, 0.6) is 5.75 Å². The van der Waals surface area contributed by atoms with Gasteiger partial charge in [-0.05, 0) is 87.0 Å². The van der Waals surface area contributed by atoms with Crippen molar-refractivity contribution in [2.24, 2.45) is 28.3 Å². The minimum atomic E-state index is -1.36. The minimum absolute atomic E-state index is 0.00126. The molecule has 2 N–H and O–H groups in total. The lowest BCUT2D eigenvalue weighted by Gasteiger charge is -2.64. The molecule has 1 unspecified atom stereocenters. The third-order valence-corrected chi connectivity index (χ3v) is 12.2. The first-order valence-electron chi connectivity index (χ1n) is 19.2. The summed E-state index contributed by atoms with van der Waals surface area (Å²) in [5.41, 5.74) is 1.98. The van der Waals surface area contributed by atoms with Crippen LogP contribution in [0, 0.1) is 23.2 Å². The van der Waals surface area contributed by atoms with E-state index in [9.17, 15) is 9.59 Å². The van der Waals surface area contributed by atoms with Crippen LogP contribution in [0.2, 0.25) is 0 Å². The van der Waals surface area contributed by atoms with Crippen molar-refractivity contribution in [2.75, 3.05) is 13.7 Å². The molecule has 2 bridgehead atoms. The Hall–Kier alpha value is -4.16. The summed E-state index contributed by atoms with van der Waals surface area (Å²) in [4.78, 5) is 34.5. The lowest BCUT2D eigenvalue weighted by Crippen LogP contribution is -2.65. The number of rotatable bonds is 13. The van der Waals surface area contributed by atoms with E-state index < -0.39 is 24.3 Å². The lowest BCUT2D eigenvalue weighted by molar-refractivity contribution is -0.199. The first kappa shape index (κ1) is 37.2. The number of carbonyl (C=O) groups excluding carboxylic acids is 2. The SMILES string of the molecule is COc1cccc(CC2(C(=O)N[C@@H](CC(C)C)B3O[C@@H]4C[C@@H]5C[C@@H](C5(C)C)[C@]4(C)O3)CC(CNC(=O)c3cc(-c4ccccc4)nn3C(C)C)=NO2)c1. The smallest absolute Gasteiger partial charge is 0.481 e. The van der Waals surface area contributed by atoms with Crippen LogP contribution in [0.25, 0.3) is 11.3 Å². The van der Waals surface area contributed by atoms with Gasteiger partial charge in [-0.15, -0.1) is 0 Å². The highest BCUT2D eigenvalue weighted by atomic mass is 16.7. The van der Waals surface area contributed by atoms with E-state index in [1.165, 1.54) is 0 Å². The molecule has 3 saturated carbocycles. The topological polar surface area (TPSA) is 125 Å². The van der Waals surface area contributed by atoms with E-state index in [-0.39, 0.29) is 54.7 Å². The molecular formula is C41H54BN5O6. The fourth-order valence-corrected chi connectivity index (χ4v) is 9.15. The third kappa shape index (κ3) is 7.00. The second-order valence-electron chi connectivity index (χ2n) is 17.0. The molecule has 0 spiro atoms. The maximum Gasteiger partial charge on any atom is 0.481 e. The van der Waals surface area contributed by atoms with E-state index >= 15 is 0 Å². The molecule has 5 aliphatic rings. The molecule has 6 atom stereocenters. The number of hydrogen-bond donors (Lipinski definition) is 2. The number of oxime groups is 1. The number of amides is 2. The van der Waals surface area contributed by atoms with Crippen LogP contribution in [-0.2, 0) is 25.4 Å². The van der Waals surface area contributed by atoms with Crippen LogP contribution < -0.4 is 15.4 Å². The van der Waals surface area contributed by atoms with Crippen LogP contribution in [0.3, 0.4) is 0 Å². The Morgan fingerprint density at radius 3 is 2.51 bits per heavy atom. The summed E-state index contributed by atoms with van der Waals surface area (Å²) in [6.07, 6.45) is 3.23. The second-order valence-corrected chi connectivity index (χ2v) is 17.0. The van der Waals surface area contributed by atoms with E-state index in [2.05, 4.69) is 50.4 Å². The Bertz CT molecular complexity index is 1860. The molecule has 3 heterocycles. The van der Waals surface area contributed by atoms with Gasteiger partial charge in [0.25, 0.3) is 11.8 Å². The summed E-state index contributed by atoms with van der Waals surface area (Å²) in [6.45, 7) is 15.3. The van der Waals surface area contributed by atoms with Gasteiger partial charge in [0.15, 0.2) is 0 Å². The summed E-state index contributed by atoms with van der Waals surface area (Å²) in [5, 5.41) is 15.5. The average Bonchev–Trinajstić information content (AvgIpc) is 3.86. The van der Waals surface area contributed by atoms with Crippen molar-refractivity contribution in [3.8, 4) is 17.0 Å². The maximum absolute atomic E-state index is 14.7. The predicted molar refractivity (Wildman–Crippen MR) is 204 cm³/mol. The van der Waals surface area contributed by atoms with Crippen LogP contribution in [0.15, 0.2) is 65.8 Å². The molecule has 4 fully saturated rings. The van der Waals surface area contributed by atoms with Crippen molar-refractivity contribution >= 4 is 24.6 Å². The summed E-state index contributed by atoms with van der Waals surface area (Å²) >= 11 is 0. The van der Waals surface area contributed by atoms with Gasteiger partial charge in [0.2, 0.25) is 5.60 Å². The molecular weight excluding hydrogens is 669 g/mol. The van der Waals surface area contributed by atoms with Gasteiger partial charge in [-0.3, -0.25) is 14.3 Å². The van der Waals surface area contributed by atoms with Crippen molar-refractivity contribution in [3.05, 3.63) is 71.9 Å². The molecule has 8 rings (SSSR count). The molecule has 1 aromatic heterocycles. The maximum atomic E-state index is 14.7. The van der Waals surface area contributed by atoms with Crippen LogP contribution >= 0.6 is 0 Å². The average molecular weight is 724 g/mol. The highest BCUT2D eigenvalue weighted by Crippen LogP contribution is 2.65. The molecule has 3 aliphatic carbocycles. The zero-order valence-corrected chi connectivity index (χ0v) is 32.3. The minimum Gasteiger partial charge on any atom is -0.497 e. The van der Waals surface area contributed by atoms with E-state index in [0.29, 0.717) is 35.4 Å². The molecule has 2 aromatic carbocycles. The molecule has 1 saturated heterocycles. The lowest BCUT2D eigenvalue weighted by atomic mass is 9.43. The van der Waals surface area contributed by atoms with Gasteiger partial charge in [0.1, 0.15) is 11.4 Å². The van der Waals surface area contributed by atoms with Crippen molar-refractivity contribution < 1.29 is 28.5 Å². The first-order valence-corrected chi connectivity index (χ1v) is 19.2. The molecule has 2 aliphatic heterocycles. The number of ether oxygens (including phenoxy) is 1. The van der Waals surface area contributed by atoms with E-state index in [1.807, 2.05) is 68.4 Å². The third-order valence-electron chi connectivity index (χ3n) is 12.2. The largest absolute Gasteiger partial charge is 0.497 e. The Labute approximate surface area is 313 Å². The van der Waals surface area contributed by atoms with Gasteiger partial charge in [-0.25, -0.2) is 0 Å². The summed E-state index contributed by atoms with van der Waals surface area (Å²) in [6, 6.07) is 19.2. The van der Waals surface area contributed by atoms with Crippen LogP contribution in [0.1, 0.15) is 96.2 Å². The highest BCUT2D eigenvalue weighted by molar-refractivity contribution is 6.48. The first-order chi connectivity index (χ1) is 25.2. The van der Waals surface area contributed by atoms with Gasteiger partial charge in [0, 0.05) is 24.4 Å². The van der Waals surface area contributed by atoms with Gasteiger partial charge in [-0.2, -0.15) is 5.10 Å². The molecule has 282 valence electrons. The molecule has 3 aromatic rings. The number of nitrogens with zero attached hydrogens (tertiary/aromatic N) is 3.